The lowest BCUT2D eigenvalue weighted by Crippen LogP contribution is -2.35. The maximum absolute atomic E-state index is 11.8. The Bertz CT molecular complexity index is 503. The lowest BCUT2D eigenvalue weighted by molar-refractivity contribution is -0.129. The number of nitrogens with zero attached hydrogens (tertiary/aromatic N) is 3. The zero-order chi connectivity index (χ0) is 16.2. The molecule has 2 amide bonds. The minimum Gasteiger partial charge on any atom is -0.444 e. The molecule has 1 N–H and O–H groups in total. The number of ether oxygens (including phenoxy) is 1. The summed E-state index contributed by atoms with van der Waals surface area (Å²) in [7, 11) is 3.39. The van der Waals surface area contributed by atoms with Gasteiger partial charge in [-0.15, -0.1) is 0 Å². The number of carbonyl (C=O) groups is 2. The smallest absolute Gasteiger partial charge is 0.408 e. The Labute approximate surface area is 125 Å². The summed E-state index contributed by atoms with van der Waals surface area (Å²) in [6.45, 7) is 7.41. The van der Waals surface area contributed by atoms with Crippen molar-refractivity contribution in [2.24, 2.45) is 0 Å². The quantitative estimate of drug-likeness (QED) is 0.914. The SMILES string of the molecule is C[C@H](NC(=O)OC(C)(C)C)c1cncn1CC(=O)N(C)C. The van der Waals surface area contributed by atoms with Gasteiger partial charge in [0.05, 0.1) is 24.3 Å². The second kappa shape index (κ2) is 6.60. The van der Waals surface area contributed by atoms with E-state index in [0.717, 1.165) is 5.69 Å². The number of amides is 2. The number of nitrogens with one attached hydrogen (secondary N) is 1. The minimum absolute atomic E-state index is 0.0429. The lowest BCUT2D eigenvalue weighted by Gasteiger charge is -2.22. The highest BCUT2D eigenvalue weighted by atomic mass is 16.6. The number of likely N-dealkylation sites (N-methyl/N-ethyl adjacent to an activating group) is 1. The molecule has 0 saturated carbocycles. The van der Waals surface area contributed by atoms with Crippen LogP contribution in [0.3, 0.4) is 0 Å². The van der Waals surface area contributed by atoms with Gasteiger partial charge >= 0.3 is 6.09 Å². The predicted octanol–water partition coefficient (Wildman–Crippen LogP) is 1.56. The van der Waals surface area contributed by atoms with Crippen molar-refractivity contribution in [3.05, 3.63) is 18.2 Å². The summed E-state index contributed by atoms with van der Waals surface area (Å²) < 4.78 is 6.92. The Morgan fingerprint density at radius 1 is 1.43 bits per heavy atom. The molecule has 0 aliphatic heterocycles. The maximum atomic E-state index is 11.8. The first-order chi connectivity index (χ1) is 9.60. The number of aromatic nitrogens is 2. The Morgan fingerprint density at radius 2 is 2.05 bits per heavy atom. The largest absolute Gasteiger partial charge is 0.444 e. The van der Waals surface area contributed by atoms with Gasteiger partial charge in [0.1, 0.15) is 12.1 Å². The van der Waals surface area contributed by atoms with Crippen molar-refractivity contribution in [1.29, 1.82) is 0 Å². The normalized spacial score (nSPS) is 12.7. The van der Waals surface area contributed by atoms with E-state index in [1.54, 1.807) is 52.0 Å². The van der Waals surface area contributed by atoms with Crippen LogP contribution in [0.15, 0.2) is 12.5 Å². The van der Waals surface area contributed by atoms with Gasteiger partial charge in [0.25, 0.3) is 0 Å². The monoisotopic (exact) mass is 296 g/mol. The van der Waals surface area contributed by atoms with Crippen LogP contribution in [0.5, 0.6) is 0 Å². The zero-order valence-electron chi connectivity index (χ0n) is 13.5. The van der Waals surface area contributed by atoms with E-state index >= 15 is 0 Å². The van der Waals surface area contributed by atoms with Gasteiger partial charge in [-0.3, -0.25) is 4.79 Å². The number of rotatable bonds is 4. The first kappa shape index (κ1) is 17.0. The standard InChI is InChI=1S/C14H24N4O3/c1-10(16-13(20)21-14(2,3)4)11-7-15-9-18(11)8-12(19)17(5)6/h7,9-10H,8H2,1-6H3,(H,16,20)/t10-/m0/s1. The van der Waals surface area contributed by atoms with Crippen LogP contribution in [0.25, 0.3) is 0 Å². The van der Waals surface area contributed by atoms with Crippen molar-refractivity contribution in [1.82, 2.24) is 19.8 Å². The molecule has 0 spiro atoms. The van der Waals surface area contributed by atoms with Gasteiger partial charge < -0.3 is 19.5 Å². The summed E-state index contributed by atoms with van der Waals surface area (Å²) in [5.74, 6) is -0.0429. The van der Waals surface area contributed by atoms with Crippen LogP contribution in [0.2, 0.25) is 0 Å². The Hall–Kier alpha value is -2.05. The molecule has 7 nitrogen and oxygen atoms in total. The third-order valence-corrected chi connectivity index (χ3v) is 2.73. The molecular formula is C14H24N4O3. The molecule has 0 fully saturated rings. The zero-order valence-corrected chi connectivity index (χ0v) is 13.5. The summed E-state index contributed by atoms with van der Waals surface area (Å²) in [6, 6.07) is -0.308. The summed E-state index contributed by atoms with van der Waals surface area (Å²) in [6.07, 6.45) is 2.70. The second-order valence-corrected chi connectivity index (χ2v) is 6.10. The van der Waals surface area contributed by atoms with Gasteiger partial charge in [0, 0.05) is 14.1 Å². The summed E-state index contributed by atoms with van der Waals surface area (Å²) in [5, 5.41) is 2.73. The van der Waals surface area contributed by atoms with E-state index in [2.05, 4.69) is 10.3 Å². The number of hydrogen-bond donors (Lipinski definition) is 1. The number of alkyl carbamates (subject to hydrolysis) is 1. The lowest BCUT2D eigenvalue weighted by atomic mass is 10.2. The Balaban J connectivity index is 2.71. The first-order valence-corrected chi connectivity index (χ1v) is 6.80. The van der Waals surface area contributed by atoms with E-state index in [1.165, 1.54) is 4.90 Å². The van der Waals surface area contributed by atoms with Gasteiger partial charge in [-0.2, -0.15) is 0 Å². The minimum atomic E-state index is -0.551. The average Bonchev–Trinajstić information content (AvgIpc) is 2.73. The molecular weight excluding hydrogens is 272 g/mol. The molecule has 0 bridgehead atoms. The number of imidazole rings is 1. The average molecular weight is 296 g/mol. The fourth-order valence-electron chi connectivity index (χ4n) is 1.67. The molecule has 1 aromatic rings. The summed E-state index contributed by atoms with van der Waals surface area (Å²) in [5.41, 5.74) is 0.196. The molecule has 1 rings (SSSR count). The van der Waals surface area contributed by atoms with Crippen LogP contribution < -0.4 is 5.32 Å². The van der Waals surface area contributed by atoms with Gasteiger partial charge in [-0.25, -0.2) is 9.78 Å². The van der Waals surface area contributed by atoms with Crippen LogP contribution in [0, 0.1) is 0 Å². The molecule has 118 valence electrons. The van der Waals surface area contributed by atoms with Gasteiger partial charge in [-0.05, 0) is 27.7 Å². The molecule has 21 heavy (non-hydrogen) atoms. The van der Waals surface area contributed by atoms with E-state index < -0.39 is 11.7 Å². The molecule has 0 radical (unpaired) electrons. The Morgan fingerprint density at radius 3 is 2.57 bits per heavy atom. The van der Waals surface area contributed by atoms with E-state index in [9.17, 15) is 9.59 Å². The molecule has 1 heterocycles. The van der Waals surface area contributed by atoms with Crippen molar-refractivity contribution in [3.63, 3.8) is 0 Å². The van der Waals surface area contributed by atoms with E-state index in [1.807, 2.05) is 6.92 Å². The highest BCUT2D eigenvalue weighted by Gasteiger charge is 2.20. The van der Waals surface area contributed by atoms with Crippen LogP contribution in [-0.4, -0.2) is 46.1 Å². The topological polar surface area (TPSA) is 76.5 Å². The number of hydrogen-bond acceptors (Lipinski definition) is 4. The first-order valence-electron chi connectivity index (χ1n) is 6.80. The van der Waals surface area contributed by atoms with Crippen LogP contribution in [-0.2, 0) is 16.1 Å². The maximum Gasteiger partial charge on any atom is 0.408 e. The third-order valence-electron chi connectivity index (χ3n) is 2.73. The highest BCUT2D eigenvalue weighted by Crippen LogP contribution is 2.14. The van der Waals surface area contributed by atoms with Crippen molar-refractivity contribution in [2.45, 2.75) is 45.9 Å². The highest BCUT2D eigenvalue weighted by molar-refractivity contribution is 5.75. The molecule has 0 unspecified atom stereocenters. The van der Waals surface area contributed by atoms with Crippen molar-refractivity contribution in [2.75, 3.05) is 14.1 Å². The van der Waals surface area contributed by atoms with Crippen molar-refractivity contribution < 1.29 is 14.3 Å². The molecule has 1 aromatic heterocycles. The molecule has 0 aliphatic carbocycles. The van der Waals surface area contributed by atoms with Crippen molar-refractivity contribution >= 4 is 12.0 Å². The van der Waals surface area contributed by atoms with E-state index in [4.69, 9.17) is 4.74 Å². The van der Waals surface area contributed by atoms with Gasteiger partial charge in [-0.1, -0.05) is 0 Å². The molecule has 7 heteroatoms. The fraction of sp³-hybridized carbons (Fsp3) is 0.643. The molecule has 1 atom stereocenters. The van der Waals surface area contributed by atoms with E-state index in [-0.39, 0.29) is 18.5 Å². The Kier molecular flexibility index (Phi) is 5.34. The summed E-state index contributed by atoms with van der Waals surface area (Å²) in [4.78, 5) is 29.1. The van der Waals surface area contributed by atoms with E-state index in [0.29, 0.717) is 0 Å². The van der Waals surface area contributed by atoms with Crippen LogP contribution in [0.1, 0.15) is 39.4 Å². The predicted molar refractivity (Wildman–Crippen MR) is 78.7 cm³/mol. The molecule has 0 saturated heterocycles. The van der Waals surface area contributed by atoms with Crippen molar-refractivity contribution in [3.8, 4) is 0 Å². The fourth-order valence-corrected chi connectivity index (χ4v) is 1.67. The van der Waals surface area contributed by atoms with Gasteiger partial charge in [0.2, 0.25) is 5.91 Å². The molecule has 0 aromatic carbocycles. The number of carbonyl (C=O) groups excluding carboxylic acids is 2. The third kappa shape index (κ3) is 5.45. The molecule has 0 aliphatic rings. The van der Waals surface area contributed by atoms with Gasteiger partial charge in [0.15, 0.2) is 0 Å². The second-order valence-electron chi connectivity index (χ2n) is 6.10. The van der Waals surface area contributed by atoms with Crippen LogP contribution >= 0.6 is 0 Å². The summed E-state index contributed by atoms with van der Waals surface area (Å²) >= 11 is 0. The van der Waals surface area contributed by atoms with Crippen LogP contribution in [0.4, 0.5) is 4.79 Å².